The van der Waals surface area contributed by atoms with Crippen molar-refractivity contribution in [1.82, 2.24) is 29.5 Å². The molecular weight excluding hydrogens is 320 g/mol. The first kappa shape index (κ1) is 16.3. The Bertz CT molecular complexity index is 866. The zero-order valence-corrected chi connectivity index (χ0v) is 14.9. The van der Waals surface area contributed by atoms with Gasteiger partial charge in [0.25, 0.3) is 5.56 Å². The number of nitrogens with zero attached hydrogens (tertiary/aromatic N) is 5. The lowest BCUT2D eigenvalue weighted by molar-refractivity contribution is -0.142. The molecule has 4 heterocycles. The molecule has 2 aromatic heterocycles. The molecule has 0 bridgehead atoms. The van der Waals surface area contributed by atoms with Crippen LogP contribution in [0.15, 0.2) is 11.0 Å². The van der Waals surface area contributed by atoms with Gasteiger partial charge in [-0.25, -0.2) is 4.98 Å². The van der Waals surface area contributed by atoms with Crippen molar-refractivity contribution in [3.05, 3.63) is 22.4 Å². The van der Waals surface area contributed by atoms with Gasteiger partial charge >= 0.3 is 0 Å². The van der Waals surface area contributed by atoms with Crippen LogP contribution in [-0.2, 0) is 11.8 Å². The number of rotatable bonds is 2. The minimum atomic E-state index is -0.165. The highest BCUT2D eigenvalue weighted by Gasteiger charge is 2.38. The maximum Gasteiger partial charge on any atom is 0.262 e. The molecule has 0 aromatic carbocycles. The Labute approximate surface area is 145 Å². The Morgan fingerprint density at radius 1 is 1.32 bits per heavy atom. The summed E-state index contributed by atoms with van der Waals surface area (Å²) < 4.78 is 1.61. The molecule has 2 aliphatic rings. The molecule has 25 heavy (non-hydrogen) atoms. The van der Waals surface area contributed by atoms with Gasteiger partial charge in [-0.1, -0.05) is 0 Å². The number of piperidine rings is 1. The predicted molar refractivity (Wildman–Crippen MR) is 93.3 cm³/mol. The van der Waals surface area contributed by atoms with E-state index in [0.29, 0.717) is 36.0 Å². The van der Waals surface area contributed by atoms with E-state index >= 15 is 0 Å². The Morgan fingerprint density at radius 2 is 2.08 bits per heavy atom. The largest absolute Gasteiger partial charge is 0.341 e. The normalized spacial score (nSPS) is 25.3. The fraction of sp³-hybridized carbons (Fsp3) is 0.647. The minimum Gasteiger partial charge on any atom is -0.341 e. The Morgan fingerprint density at radius 3 is 2.80 bits per heavy atom. The van der Waals surface area contributed by atoms with Gasteiger partial charge in [-0.2, -0.15) is 5.10 Å². The standard InChI is InChI=1S/C17H24N6O2/c1-10-6-11(4-5-21(10)2)17(25)23-8-12(9-23)14-19-15-13(16(24)20-14)7-18-22(15)3/h7,10-12H,4-6,8-9H2,1-3H3,(H,19,20,24)/t10-,11-/m1/s1. The molecule has 0 saturated carbocycles. The van der Waals surface area contributed by atoms with Crippen molar-refractivity contribution >= 4 is 16.9 Å². The number of aryl methyl sites for hydroxylation is 1. The SMILES string of the molecule is C[C@@H]1C[C@H](C(=O)N2CC(c3nc4c(cnn4C)c(=O)[nH]3)C2)CCN1C. The van der Waals surface area contributed by atoms with Crippen molar-refractivity contribution in [2.24, 2.45) is 13.0 Å². The van der Waals surface area contributed by atoms with Crippen LogP contribution in [0.1, 0.15) is 31.5 Å². The van der Waals surface area contributed by atoms with Crippen LogP contribution in [0.25, 0.3) is 11.0 Å². The highest BCUT2D eigenvalue weighted by molar-refractivity contribution is 5.80. The van der Waals surface area contributed by atoms with E-state index in [0.717, 1.165) is 19.4 Å². The average molecular weight is 344 g/mol. The van der Waals surface area contributed by atoms with Gasteiger partial charge in [0.2, 0.25) is 5.91 Å². The molecule has 0 spiro atoms. The van der Waals surface area contributed by atoms with Gasteiger partial charge in [-0.15, -0.1) is 0 Å². The number of hydrogen-bond acceptors (Lipinski definition) is 5. The van der Waals surface area contributed by atoms with Gasteiger partial charge < -0.3 is 14.8 Å². The molecule has 2 saturated heterocycles. The molecular formula is C17H24N6O2. The van der Waals surface area contributed by atoms with Crippen LogP contribution < -0.4 is 5.56 Å². The number of H-pyrrole nitrogens is 1. The first-order chi connectivity index (χ1) is 11.9. The number of amides is 1. The van der Waals surface area contributed by atoms with Crippen LogP contribution >= 0.6 is 0 Å². The average Bonchev–Trinajstić information content (AvgIpc) is 2.90. The summed E-state index contributed by atoms with van der Waals surface area (Å²) in [4.78, 5) is 36.5. The summed E-state index contributed by atoms with van der Waals surface area (Å²) in [5.41, 5.74) is 0.426. The second kappa shape index (κ2) is 5.94. The fourth-order valence-corrected chi connectivity index (χ4v) is 3.85. The summed E-state index contributed by atoms with van der Waals surface area (Å²) >= 11 is 0. The first-order valence-corrected chi connectivity index (χ1v) is 8.85. The molecule has 4 rings (SSSR count). The third-order valence-corrected chi connectivity index (χ3v) is 5.76. The number of hydrogen-bond donors (Lipinski definition) is 1. The molecule has 0 unspecified atom stereocenters. The van der Waals surface area contributed by atoms with Gasteiger partial charge in [0.15, 0.2) is 5.65 Å². The Hall–Kier alpha value is -2.22. The van der Waals surface area contributed by atoms with E-state index < -0.39 is 0 Å². The molecule has 0 radical (unpaired) electrons. The smallest absolute Gasteiger partial charge is 0.262 e. The highest BCUT2D eigenvalue weighted by atomic mass is 16.2. The zero-order chi connectivity index (χ0) is 17.7. The highest BCUT2D eigenvalue weighted by Crippen LogP contribution is 2.30. The maximum absolute atomic E-state index is 12.7. The van der Waals surface area contributed by atoms with Crippen LogP contribution in [0.4, 0.5) is 0 Å². The van der Waals surface area contributed by atoms with Crippen molar-refractivity contribution in [2.45, 2.75) is 31.7 Å². The molecule has 0 aliphatic carbocycles. The maximum atomic E-state index is 12.7. The summed E-state index contributed by atoms with van der Waals surface area (Å²) in [7, 11) is 3.89. The van der Waals surface area contributed by atoms with E-state index in [4.69, 9.17) is 0 Å². The predicted octanol–water partition coefficient (Wildman–Crippen LogP) is 0.313. The first-order valence-electron chi connectivity index (χ1n) is 8.85. The number of fused-ring (bicyclic) bond motifs is 1. The zero-order valence-electron chi connectivity index (χ0n) is 14.9. The lowest BCUT2D eigenvalue weighted by Crippen LogP contribution is -2.53. The Kier molecular flexibility index (Phi) is 3.87. The Balaban J connectivity index is 1.44. The van der Waals surface area contributed by atoms with Gasteiger partial charge in [0.05, 0.1) is 12.1 Å². The lowest BCUT2D eigenvalue weighted by Gasteiger charge is -2.43. The molecule has 2 aromatic rings. The molecule has 1 amide bonds. The van der Waals surface area contributed by atoms with Crippen LogP contribution in [0.2, 0.25) is 0 Å². The summed E-state index contributed by atoms with van der Waals surface area (Å²) in [6.07, 6.45) is 3.38. The monoisotopic (exact) mass is 344 g/mol. The van der Waals surface area contributed by atoms with Gasteiger partial charge in [0, 0.05) is 32.1 Å². The van der Waals surface area contributed by atoms with Crippen molar-refractivity contribution in [1.29, 1.82) is 0 Å². The molecule has 8 heteroatoms. The van der Waals surface area contributed by atoms with E-state index in [2.05, 4.69) is 33.9 Å². The van der Waals surface area contributed by atoms with E-state index in [-0.39, 0.29) is 23.3 Å². The van der Waals surface area contributed by atoms with Crippen molar-refractivity contribution in [2.75, 3.05) is 26.7 Å². The van der Waals surface area contributed by atoms with Crippen LogP contribution in [0, 0.1) is 5.92 Å². The second-order valence-corrected chi connectivity index (χ2v) is 7.45. The third-order valence-electron chi connectivity index (χ3n) is 5.76. The number of likely N-dealkylation sites (tertiary alicyclic amines) is 2. The quantitative estimate of drug-likeness (QED) is 0.847. The van der Waals surface area contributed by atoms with E-state index in [1.54, 1.807) is 11.7 Å². The molecule has 2 fully saturated rings. The molecule has 134 valence electrons. The summed E-state index contributed by atoms with van der Waals surface area (Å²) in [6.45, 7) is 4.41. The fourth-order valence-electron chi connectivity index (χ4n) is 3.85. The number of aromatic amines is 1. The van der Waals surface area contributed by atoms with Gasteiger partial charge in [-0.3, -0.25) is 14.3 Å². The number of carbonyl (C=O) groups is 1. The molecule has 2 aliphatic heterocycles. The topological polar surface area (TPSA) is 87.1 Å². The van der Waals surface area contributed by atoms with Crippen LogP contribution in [0.3, 0.4) is 0 Å². The van der Waals surface area contributed by atoms with Gasteiger partial charge in [-0.05, 0) is 33.4 Å². The lowest BCUT2D eigenvalue weighted by atomic mass is 9.88. The molecule has 1 N–H and O–H groups in total. The summed E-state index contributed by atoms with van der Waals surface area (Å²) in [5, 5.41) is 4.58. The second-order valence-electron chi connectivity index (χ2n) is 7.45. The van der Waals surface area contributed by atoms with E-state index in [9.17, 15) is 9.59 Å². The molecule has 8 nitrogen and oxygen atoms in total. The minimum absolute atomic E-state index is 0.0969. The van der Waals surface area contributed by atoms with Crippen LogP contribution in [-0.4, -0.2) is 68.2 Å². The molecule has 2 atom stereocenters. The van der Waals surface area contributed by atoms with E-state index in [1.165, 1.54) is 6.20 Å². The number of carbonyl (C=O) groups excluding carboxylic acids is 1. The van der Waals surface area contributed by atoms with Crippen molar-refractivity contribution < 1.29 is 4.79 Å². The van der Waals surface area contributed by atoms with Crippen molar-refractivity contribution in [3.63, 3.8) is 0 Å². The number of nitrogens with one attached hydrogen (secondary N) is 1. The van der Waals surface area contributed by atoms with Gasteiger partial charge in [0.1, 0.15) is 11.2 Å². The number of aromatic nitrogens is 4. The van der Waals surface area contributed by atoms with E-state index in [1.807, 2.05) is 4.90 Å². The van der Waals surface area contributed by atoms with Crippen LogP contribution in [0.5, 0.6) is 0 Å². The third kappa shape index (κ3) is 2.74. The summed E-state index contributed by atoms with van der Waals surface area (Å²) in [5.74, 6) is 1.13. The van der Waals surface area contributed by atoms with Crippen molar-refractivity contribution in [3.8, 4) is 0 Å². The summed E-state index contributed by atoms with van der Waals surface area (Å²) in [6, 6.07) is 0.449.